The number of aromatic nitrogens is 3. The molecular weight excluding hydrogens is 280 g/mol. The number of anilines is 1. The molecule has 1 aromatic carbocycles. The van der Waals surface area contributed by atoms with Crippen molar-refractivity contribution in [2.24, 2.45) is 7.05 Å². The first-order chi connectivity index (χ1) is 10.2. The molecule has 3 rings (SSSR count). The van der Waals surface area contributed by atoms with Gasteiger partial charge in [-0.15, -0.1) is 11.8 Å². The normalized spacial score (nSPS) is 11.0. The van der Waals surface area contributed by atoms with E-state index in [0.29, 0.717) is 0 Å². The van der Waals surface area contributed by atoms with Crippen LogP contribution in [-0.2, 0) is 13.6 Å². The van der Waals surface area contributed by atoms with Crippen LogP contribution in [0.15, 0.2) is 41.4 Å². The Balaban J connectivity index is 1.76. The molecule has 0 saturated carbocycles. The zero-order valence-electron chi connectivity index (χ0n) is 12.4. The number of nitrogens with zero attached hydrogens (tertiary/aromatic N) is 3. The van der Waals surface area contributed by atoms with Crippen molar-refractivity contribution < 1.29 is 0 Å². The highest BCUT2D eigenvalue weighted by Gasteiger charge is 2.06. The summed E-state index contributed by atoms with van der Waals surface area (Å²) in [6.45, 7) is 2.80. The van der Waals surface area contributed by atoms with Crippen LogP contribution in [0.1, 0.15) is 11.3 Å². The second-order valence-corrected chi connectivity index (χ2v) is 5.89. The highest BCUT2D eigenvalue weighted by molar-refractivity contribution is 7.98. The fourth-order valence-corrected chi connectivity index (χ4v) is 2.76. The first-order valence-corrected chi connectivity index (χ1v) is 8.06. The average Bonchev–Trinajstić information content (AvgIpc) is 2.80. The summed E-state index contributed by atoms with van der Waals surface area (Å²) in [5.74, 6) is 0. The maximum absolute atomic E-state index is 4.48. The Kier molecular flexibility index (Phi) is 3.84. The van der Waals surface area contributed by atoms with Gasteiger partial charge in [-0.3, -0.25) is 4.68 Å². The monoisotopic (exact) mass is 298 g/mol. The molecule has 4 nitrogen and oxygen atoms in total. The van der Waals surface area contributed by atoms with Crippen LogP contribution in [0, 0.1) is 6.92 Å². The third kappa shape index (κ3) is 2.88. The molecule has 0 aliphatic carbocycles. The maximum Gasteiger partial charge on any atom is 0.157 e. The first-order valence-electron chi connectivity index (χ1n) is 6.83. The lowest BCUT2D eigenvalue weighted by Gasteiger charge is -2.07. The van der Waals surface area contributed by atoms with Crippen molar-refractivity contribution >= 4 is 28.5 Å². The molecule has 0 bridgehead atoms. The second-order valence-electron chi connectivity index (χ2n) is 5.01. The molecule has 0 aliphatic heterocycles. The Morgan fingerprint density at radius 1 is 1.24 bits per heavy atom. The van der Waals surface area contributed by atoms with Crippen molar-refractivity contribution in [1.82, 2.24) is 14.8 Å². The van der Waals surface area contributed by atoms with E-state index in [1.165, 1.54) is 10.5 Å². The number of fused-ring (bicyclic) bond motifs is 1. The molecule has 3 aromatic rings. The van der Waals surface area contributed by atoms with Gasteiger partial charge in [-0.05, 0) is 36.9 Å². The third-order valence-electron chi connectivity index (χ3n) is 3.52. The molecule has 0 radical (unpaired) electrons. The van der Waals surface area contributed by atoms with Gasteiger partial charge in [0.2, 0.25) is 0 Å². The van der Waals surface area contributed by atoms with E-state index in [4.69, 9.17) is 0 Å². The number of pyridine rings is 1. The van der Waals surface area contributed by atoms with Gasteiger partial charge in [0, 0.05) is 23.9 Å². The number of hydrogen-bond donors (Lipinski definition) is 1. The minimum atomic E-state index is 0.793. The van der Waals surface area contributed by atoms with E-state index in [1.807, 2.05) is 24.9 Å². The average molecular weight is 298 g/mol. The fourth-order valence-electron chi connectivity index (χ4n) is 2.35. The van der Waals surface area contributed by atoms with Gasteiger partial charge in [-0.25, -0.2) is 4.98 Å². The largest absolute Gasteiger partial charge is 0.380 e. The van der Waals surface area contributed by atoms with Gasteiger partial charge in [0.1, 0.15) is 0 Å². The molecule has 2 heterocycles. The fraction of sp³-hybridized carbons (Fsp3) is 0.250. The lowest BCUT2D eigenvalue weighted by molar-refractivity contribution is 0.774. The Morgan fingerprint density at radius 3 is 2.71 bits per heavy atom. The van der Waals surface area contributed by atoms with Crippen LogP contribution in [-0.4, -0.2) is 21.0 Å². The van der Waals surface area contributed by atoms with Gasteiger partial charge < -0.3 is 5.32 Å². The van der Waals surface area contributed by atoms with Crippen LogP contribution in [0.2, 0.25) is 0 Å². The summed E-state index contributed by atoms with van der Waals surface area (Å²) < 4.78 is 1.82. The predicted molar refractivity (Wildman–Crippen MR) is 88.8 cm³/mol. The Morgan fingerprint density at radius 2 is 2.00 bits per heavy atom. The Labute approximate surface area is 128 Å². The Bertz CT molecular complexity index is 762. The van der Waals surface area contributed by atoms with Crippen LogP contribution in [0.5, 0.6) is 0 Å². The second kappa shape index (κ2) is 5.77. The molecule has 5 heteroatoms. The molecule has 0 atom stereocenters. The predicted octanol–water partition coefficient (Wildman–Crippen LogP) is 3.61. The van der Waals surface area contributed by atoms with Gasteiger partial charge in [-0.1, -0.05) is 12.1 Å². The van der Waals surface area contributed by atoms with Crippen molar-refractivity contribution in [2.75, 3.05) is 11.6 Å². The van der Waals surface area contributed by atoms with E-state index in [9.17, 15) is 0 Å². The smallest absolute Gasteiger partial charge is 0.157 e. The van der Waals surface area contributed by atoms with Crippen molar-refractivity contribution in [3.8, 4) is 0 Å². The van der Waals surface area contributed by atoms with Crippen LogP contribution < -0.4 is 5.32 Å². The van der Waals surface area contributed by atoms with Gasteiger partial charge in [0.25, 0.3) is 0 Å². The number of rotatable bonds is 4. The third-order valence-corrected chi connectivity index (χ3v) is 4.26. The van der Waals surface area contributed by atoms with Gasteiger partial charge >= 0.3 is 0 Å². The van der Waals surface area contributed by atoms with E-state index in [-0.39, 0.29) is 0 Å². The summed E-state index contributed by atoms with van der Waals surface area (Å²) in [7, 11) is 1.92. The SMILES string of the molecule is CSc1ccc(CNc2cnc3c(c2)c(C)nn3C)cc1. The molecule has 0 fully saturated rings. The van der Waals surface area contributed by atoms with Crippen molar-refractivity contribution in [1.29, 1.82) is 0 Å². The molecule has 1 N–H and O–H groups in total. The maximum atomic E-state index is 4.48. The Hall–Kier alpha value is -2.01. The highest BCUT2D eigenvalue weighted by atomic mass is 32.2. The van der Waals surface area contributed by atoms with Crippen molar-refractivity contribution in [2.45, 2.75) is 18.4 Å². The number of hydrogen-bond acceptors (Lipinski definition) is 4. The minimum Gasteiger partial charge on any atom is -0.380 e. The lowest BCUT2D eigenvalue weighted by Crippen LogP contribution is -2.00. The highest BCUT2D eigenvalue weighted by Crippen LogP contribution is 2.20. The molecule has 21 heavy (non-hydrogen) atoms. The number of aryl methyl sites for hydroxylation is 2. The van der Waals surface area contributed by atoms with E-state index < -0.39 is 0 Å². The van der Waals surface area contributed by atoms with E-state index in [2.05, 4.69) is 52.0 Å². The van der Waals surface area contributed by atoms with E-state index >= 15 is 0 Å². The topological polar surface area (TPSA) is 42.7 Å². The molecule has 0 aliphatic rings. The van der Waals surface area contributed by atoms with Gasteiger partial charge in [-0.2, -0.15) is 5.10 Å². The molecule has 0 amide bonds. The molecular formula is C16H18N4S. The summed E-state index contributed by atoms with van der Waals surface area (Å²) in [5.41, 5.74) is 4.21. The summed E-state index contributed by atoms with van der Waals surface area (Å²) in [6.07, 6.45) is 3.95. The quantitative estimate of drug-likeness (QED) is 0.747. The zero-order chi connectivity index (χ0) is 14.8. The molecule has 0 saturated heterocycles. The van der Waals surface area contributed by atoms with Crippen LogP contribution in [0.25, 0.3) is 11.0 Å². The van der Waals surface area contributed by atoms with E-state index in [1.54, 1.807) is 11.8 Å². The first kappa shape index (κ1) is 13.9. The van der Waals surface area contributed by atoms with Gasteiger partial charge in [0.05, 0.1) is 17.6 Å². The molecule has 2 aromatic heterocycles. The molecule has 0 unspecified atom stereocenters. The van der Waals surface area contributed by atoms with Crippen LogP contribution >= 0.6 is 11.8 Å². The standard InChI is InChI=1S/C16H18N4S/c1-11-15-8-13(10-18-16(15)20(2)19-11)17-9-12-4-6-14(21-3)7-5-12/h4-8,10,17H,9H2,1-3H3. The number of thioether (sulfide) groups is 1. The number of benzene rings is 1. The summed E-state index contributed by atoms with van der Waals surface area (Å²) in [4.78, 5) is 5.76. The zero-order valence-corrected chi connectivity index (χ0v) is 13.2. The van der Waals surface area contributed by atoms with Crippen LogP contribution in [0.3, 0.4) is 0 Å². The summed E-state index contributed by atoms with van der Waals surface area (Å²) in [5, 5.41) is 8.91. The number of nitrogens with one attached hydrogen (secondary N) is 1. The van der Waals surface area contributed by atoms with E-state index in [0.717, 1.165) is 29.0 Å². The summed E-state index contributed by atoms with van der Waals surface area (Å²) >= 11 is 1.76. The van der Waals surface area contributed by atoms with Crippen molar-refractivity contribution in [3.63, 3.8) is 0 Å². The van der Waals surface area contributed by atoms with Gasteiger partial charge in [0.15, 0.2) is 5.65 Å². The van der Waals surface area contributed by atoms with Crippen molar-refractivity contribution in [3.05, 3.63) is 47.8 Å². The molecule has 108 valence electrons. The summed E-state index contributed by atoms with van der Waals surface area (Å²) in [6, 6.07) is 10.7. The van der Waals surface area contributed by atoms with Crippen LogP contribution in [0.4, 0.5) is 5.69 Å². The minimum absolute atomic E-state index is 0.793. The lowest BCUT2D eigenvalue weighted by atomic mass is 10.2. The molecule has 0 spiro atoms.